The number of nitrogens with one attached hydrogen (secondary N) is 1. The van der Waals surface area contributed by atoms with Crippen LogP contribution in [0.2, 0.25) is 0 Å². The molecule has 2 atom stereocenters. The van der Waals surface area contributed by atoms with Crippen molar-refractivity contribution in [2.75, 3.05) is 6.54 Å². The molecule has 2 aromatic carbocycles. The standard InChI is InChI=1S/C16H17NO2/c18-16(19)15-9-12(10-17-15)7-11-5-6-13-3-1-2-4-14(13)8-11/h1-6,8,12,15,17H,7,9-10H2,(H,18,19). The first-order chi connectivity index (χ1) is 9.22. The number of carboxylic acid groups (broad SMARTS) is 1. The van der Waals surface area contributed by atoms with E-state index < -0.39 is 5.97 Å². The van der Waals surface area contributed by atoms with Crippen molar-refractivity contribution in [3.8, 4) is 0 Å². The van der Waals surface area contributed by atoms with E-state index in [-0.39, 0.29) is 6.04 Å². The van der Waals surface area contributed by atoms with Gasteiger partial charge >= 0.3 is 5.97 Å². The summed E-state index contributed by atoms with van der Waals surface area (Å²) in [6.45, 7) is 0.795. The largest absolute Gasteiger partial charge is 0.480 e. The average Bonchev–Trinajstić information content (AvgIpc) is 2.87. The summed E-state index contributed by atoms with van der Waals surface area (Å²) in [7, 11) is 0. The molecule has 2 N–H and O–H groups in total. The van der Waals surface area contributed by atoms with Crippen LogP contribution in [0.1, 0.15) is 12.0 Å². The third-order valence-corrected chi connectivity index (χ3v) is 3.86. The van der Waals surface area contributed by atoms with Crippen LogP contribution in [0.25, 0.3) is 10.8 Å². The molecule has 1 fully saturated rings. The monoisotopic (exact) mass is 255 g/mol. The Labute approximate surface area is 112 Å². The number of hydrogen-bond donors (Lipinski definition) is 2. The molecule has 3 rings (SSSR count). The molecular formula is C16H17NO2. The zero-order chi connectivity index (χ0) is 13.2. The second kappa shape index (κ2) is 5.02. The molecule has 0 aromatic heterocycles. The first kappa shape index (κ1) is 12.2. The molecule has 1 aliphatic rings. The second-order valence-electron chi connectivity index (χ2n) is 5.29. The van der Waals surface area contributed by atoms with E-state index in [0.29, 0.717) is 5.92 Å². The SMILES string of the molecule is O=C(O)C1CC(Cc2ccc3ccccc3c2)CN1. The summed E-state index contributed by atoms with van der Waals surface area (Å²) in [5.41, 5.74) is 1.29. The molecule has 0 aliphatic carbocycles. The highest BCUT2D eigenvalue weighted by Gasteiger charge is 2.28. The fraction of sp³-hybridized carbons (Fsp3) is 0.312. The average molecular weight is 255 g/mol. The van der Waals surface area contributed by atoms with E-state index in [0.717, 1.165) is 19.4 Å². The Morgan fingerprint density at radius 3 is 2.74 bits per heavy atom. The van der Waals surface area contributed by atoms with E-state index in [4.69, 9.17) is 5.11 Å². The molecule has 2 unspecified atom stereocenters. The Balaban J connectivity index is 1.73. The lowest BCUT2D eigenvalue weighted by molar-refractivity contribution is -0.139. The molecule has 0 amide bonds. The molecule has 0 bridgehead atoms. The summed E-state index contributed by atoms with van der Waals surface area (Å²) in [4.78, 5) is 10.9. The van der Waals surface area contributed by atoms with Gasteiger partial charge in [-0.15, -0.1) is 0 Å². The Hall–Kier alpha value is -1.87. The Morgan fingerprint density at radius 1 is 1.21 bits per heavy atom. The third kappa shape index (κ3) is 2.61. The number of rotatable bonds is 3. The number of aliphatic carboxylic acids is 1. The summed E-state index contributed by atoms with van der Waals surface area (Å²) in [6, 6.07) is 14.4. The topological polar surface area (TPSA) is 49.3 Å². The zero-order valence-corrected chi connectivity index (χ0v) is 10.7. The van der Waals surface area contributed by atoms with Crippen molar-refractivity contribution >= 4 is 16.7 Å². The molecule has 0 radical (unpaired) electrons. The van der Waals surface area contributed by atoms with Gasteiger partial charge in [0.05, 0.1) is 0 Å². The first-order valence-corrected chi connectivity index (χ1v) is 6.66. The molecule has 19 heavy (non-hydrogen) atoms. The van der Waals surface area contributed by atoms with E-state index in [1.54, 1.807) is 0 Å². The van der Waals surface area contributed by atoms with Crippen LogP contribution in [0.3, 0.4) is 0 Å². The fourth-order valence-corrected chi connectivity index (χ4v) is 2.85. The lowest BCUT2D eigenvalue weighted by atomic mass is 9.95. The highest BCUT2D eigenvalue weighted by atomic mass is 16.4. The molecule has 1 saturated heterocycles. The van der Waals surface area contributed by atoms with Crippen molar-refractivity contribution in [3.63, 3.8) is 0 Å². The normalized spacial score (nSPS) is 22.7. The fourth-order valence-electron chi connectivity index (χ4n) is 2.85. The van der Waals surface area contributed by atoms with Crippen LogP contribution in [0.5, 0.6) is 0 Å². The van der Waals surface area contributed by atoms with Gasteiger partial charge in [-0.25, -0.2) is 0 Å². The van der Waals surface area contributed by atoms with Crippen molar-refractivity contribution in [1.82, 2.24) is 5.32 Å². The molecule has 1 aliphatic heterocycles. The van der Waals surface area contributed by atoms with Crippen LogP contribution in [0, 0.1) is 5.92 Å². The van der Waals surface area contributed by atoms with Gasteiger partial charge in [0, 0.05) is 0 Å². The number of hydrogen-bond acceptors (Lipinski definition) is 2. The lowest BCUT2D eigenvalue weighted by Gasteiger charge is -2.09. The van der Waals surface area contributed by atoms with Crippen molar-refractivity contribution in [2.24, 2.45) is 5.92 Å². The Kier molecular flexibility index (Phi) is 3.22. The summed E-state index contributed by atoms with van der Waals surface area (Å²) < 4.78 is 0. The van der Waals surface area contributed by atoms with Gasteiger partial charge in [-0.1, -0.05) is 42.5 Å². The van der Waals surface area contributed by atoms with Crippen molar-refractivity contribution in [2.45, 2.75) is 18.9 Å². The van der Waals surface area contributed by atoms with Crippen LogP contribution < -0.4 is 5.32 Å². The first-order valence-electron chi connectivity index (χ1n) is 6.66. The van der Waals surface area contributed by atoms with Gasteiger partial charge in [0.2, 0.25) is 0 Å². The van der Waals surface area contributed by atoms with E-state index in [9.17, 15) is 4.79 Å². The van der Waals surface area contributed by atoms with Crippen LogP contribution in [-0.2, 0) is 11.2 Å². The minimum atomic E-state index is -0.735. The Morgan fingerprint density at radius 2 is 2.00 bits per heavy atom. The van der Waals surface area contributed by atoms with E-state index in [1.807, 2.05) is 12.1 Å². The van der Waals surface area contributed by atoms with Crippen LogP contribution >= 0.6 is 0 Å². The number of benzene rings is 2. The lowest BCUT2D eigenvalue weighted by Crippen LogP contribution is -2.29. The van der Waals surface area contributed by atoms with E-state index in [2.05, 4.69) is 35.6 Å². The van der Waals surface area contributed by atoms with Gasteiger partial charge in [-0.3, -0.25) is 4.79 Å². The molecule has 0 spiro atoms. The third-order valence-electron chi connectivity index (χ3n) is 3.86. The summed E-state index contributed by atoms with van der Waals surface area (Å²) in [5.74, 6) is -0.316. The van der Waals surface area contributed by atoms with Crippen LogP contribution in [0.15, 0.2) is 42.5 Å². The van der Waals surface area contributed by atoms with Crippen LogP contribution in [-0.4, -0.2) is 23.7 Å². The minimum absolute atomic E-state index is 0.370. The van der Waals surface area contributed by atoms with Gasteiger partial charge in [0.1, 0.15) is 6.04 Å². The summed E-state index contributed by atoms with van der Waals surface area (Å²) >= 11 is 0. The van der Waals surface area contributed by atoms with E-state index in [1.165, 1.54) is 16.3 Å². The van der Waals surface area contributed by atoms with Gasteiger partial charge in [0.15, 0.2) is 0 Å². The molecule has 0 saturated carbocycles. The maximum atomic E-state index is 10.9. The zero-order valence-electron chi connectivity index (χ0n) is 10.7. The summed E-state index contributed by atoms with van der Waals surface area (Å²) in [6.07, 6.45) is 1.67. The van der Waals surface area contributed by atoms with Gasteiger partial charge in [-0.2, -0.15) is 0 Å². The molecular weight excluding hydrogens is 238 g/mol. The number of carboxylic acids is 1. The van der Waals surface area contributed by atoms with E-state index >= 15 is 0 Å². The summed E-state index contributed by atoms with van der Waals surface area (Å²) in [5, 5.41) is 14.5. The Bertz CT molecular complexity index is 608. The quantitative estimate of drug-likeness (QED) is 0.885. The van der Waals surface area contributed by atoms with Crippen molar-refractivity contribution < 1.29 is 9.90 Å². The number of carbonyl (C=O) groups is 1. The molecule has 3 nitrogen and oxygen atoms in total. The predicted octanol–water partition coefficient (Wildman–Crippen LogP) is 2.45. The predicted molar refractivity (Wildman–Crippen MR) is 75.2 cm³/mol. The maximum Gasteiger partial charge on any atom is 0.320 e. The second-order valence-corrected chi connectivity index (χ2v) is 5.29. The number of fused-ring (bicyclic) bond motifs is 1. The minimum Gasteiger partial charge on any atom is -0.480 e. The smallest absolute Gasteiger partial charge is 0.320 e. The van der Waals surface area contributed by atoms with Crippen LogP contribution in [0.4, 0.5) is 0 Å². The van der Waals surface area contributed by atoms with Gasteiger partial charge < -0.3 is 10.4 Å². The van der Waals surface area contributed by atoms with Gasteiger partial charge in [0.25, 0.3) is 0 Å². The molecule has 2 aromatic rings. The van der Waals surface area contributed by atoms with Gasteiger partial charge in [-0.05, 0) is 41.6 Å². The van der Waals surface area contributed by atoms with Crippen molar-refractivity contribution in [1.29, 1.82) is 0 Å². The van der Waals surface area contributed by atoms with Crippen molar-refractivity contribution in [3.05, 3.63) is 48.0 Å². The molecule has 1 heterocycles. The highest BCUT2D eigenvalue weighted by Crippen LogP contribution is 2.22. The molecule has 3 heteroatoms. The molecule has 98 valence electrons. The highest BCUT2D eigenvalue weighted by molar-refractivity contribution is 5.83. The maximum absolute atomic E-state index is 10.9.